The Hall–Kier alpha value is -1.60. The first-order valence-electron chi connectivity index (χ1n) is 7.77. The van der Waals surface area contributed by atoms with Crippen molar-refractivity contribution in [2.24, 2.45) is 5.92 Å². The molecule has 2 aromatic rings. The van der Waals surface area contributed by atoms with Gasteiger partial charge >= 0.3 is 0 Å². The maximum atomic E-state index is 3.74. The zero-order valence-electron chi connectivity index (χ0n) is 12.0. The van der Waals surface area contributed by atoms with Crippen LogP contribution in [-0.2, 0) is 0 Å². The summed E-state index contributed by atoms with van der Waals surface area (Å²) >= 11 is 0. The average Bonchev–Trinajstić information content (AvgIpc) is 3.33. The van der Waals surface area contributed by atoms with E-state index in [4.69, 9.17) is 0 Å². The molecule has 1 N–H and O–H groups in total. The van der Waals surface area contributed by atoms with Crippen LogP contribution in [0.4, 0.5) is 0 Å². The molecule has 0 saturated heterocycles. The Morgan fingerprint density at radius 3 is 1.90 bits per heavy atom. The summed E-state index contributed by atoms with van der Waals surface area (Å²) in [7, 11) is 0. The summed E-state index contributed by atoms with van der Waals surface area (Å²) in [5.41, 5.74) is 2.70. The van der Waals surface area contributed by atoms with Crippen LogP contribution >= 0.6 is 0 Å². The van der Waals surface area contributed by atoms with Gasteiger partial charge in [0.1, 0.15) is 0 Å². The highest BCUT2D eigenvalue weighted by Crippen LogP contribution is 2.33. The number of hydrogen-bond acceptors (Lipinski definition) is 1. The van der Waals surface area contributed by atoms with Crippen LogP contribution < -0.4 is 5.32 Å². The molecule has 0 amide bonds. The normalized spacial score (nSPS) is 14.7. The quantitative estimate of drug-likeness (QED) is 0.724. The summed E-state index contributed by atoms with van der Waals surface area (Å²) in [6.45, 7) is 1.10. The van der Waals surface area contributed by atoms with Gasteiger partial charge in [0.15, 0.2) is 0 Å². The van der Waals surface area contributed by atoms with Crippen molar-refractivity contribution >= 4 is 0 Å². The number of benzene rings is 2. The number of rotatable bonds is 7. The standard InChI is InChI=1S/C19H23N/c1-3-9-17(10-4-1)19(18-11-5-2-6-12-18)20-15-7-8-16-13-14-16/h1-6,9-12,16,19-20H,7-8,13-15H2. The van der Waals surface area contributed by atoms with E-state index in [1.807, 2.05) is 0 Å². The third kappa shape index (κ3) is 3.71. The van der Waals surface area contributed by atoms with E-state index >= 15 is 0 Å². The van der Waals surface area contributed by atoms with Crippen LogP contribution in [0.2, 0.25) is 0 Å². The average molecular weight is 265 g/mol. The van der Waals surface area contributed by atoms with Gasteiger partial charge in [-0.3, -0.25) is 0 Å². The van der Waals surface area contributed by atoms with Gasteiger partial charge in [0.2, 0.25) is 0 Å². The molecular formula is C19H23N. The van der Waals surface area contributed by atoms with Crippen molar-refractivity contribution in [3.63, 3.8) is 0 Å². The molecule has 2 aromatic carbocycles. The Labute approximate surface area is 122 Å². The summed E-state index contributed by atoms with van der Waals surface area (Å²) in [6.07, 6.45) is 5.60. The highest BCUT2D eigenvalue weighted by molar-refractivity contribution is 5.31. The topological polar surface area (TPSA) is 12.0 Å². The van der Waals surface area contributed by atoms with Crippen LogP contribution in [0.3, 0.4) is 0 Å². The minimum Gasteiger partial charge on any atom is -0.306 e. The van der Waals surface area contributed by atoms with Gasteiger partial charge in [-0.05, 0) is 36.4 Å². The lowest BCUT2D eigenvalue weighted by atomic mass is 9.98. The molecule has 1 heteroatoms. The van der Waals surface area contributed by atoms with Crippen molar-refractivity contribution in [1.29, 1.82) is 0 Å². The number of nitrogens with one attached hydrogen (secondary N) is 1. The molecule has 0 atom stereocenters. The molecular weight excluding hydrogens is 242 g/mol. The van der Waals surface area contributed by atoms with E-state index in [9.17, 15) is 0 Å². The highest BCUT2D eigenvalue weighted by atomic mass is 14.9. The monoisotopic (exact) mass is 265 g/mol. The molecule has 1 aliphatic carbocycles. The molecule has 0 aromatic heterocycles. The summed E-state index contributed by atoms with van der Waals surface area (Å²) in [5, 5.41) is 3.74. The molecule has 1 nitrogen and oxygen atoms in total. The predicted octanol–water partition coefficient (Wildman–Crippen LogP) is 4.56. The van der Waals surface area contributed by atoms with Gasteiger partial charge in [-0.1, -0.05) is 73.5 Å². The summed E-state index contributed by atoms with van der Waals surface area (Å²) in [6, 6.07) is 21.8. The van der Waals surface area contributed by atoms with Crippen LogP contribution in [-0.4, -0.2) is 6.54 Å². The van der Waals surface area contributed by atoms with Crippen LogP contribution in [0, 0.1) is 5.92 Å². The molecule has 1 saturated carbocycles. The Kier molecular flexibility index (Phi) is 4.49. The second kappa shape index (κ2) is 6.71. The molecule has 0 aliphatic heterocycles. The fraction of sp³-hybridized carbons (Fsp3) is 0.368. The van der Waals surface area contributed by atoms with Crippen LogP contribution in [0.5, 0.6) is 0 Å². The van der Waals surface area contributed by atoms with Crippen LogP contribution in [0.1, 0.15) is 42.9 Å². The Balaban J connectivity index is 1.66. The van der Waals surface area contributed by atoms with Gasteiger partial charge in [0, 0.05) is 0 Å². The molecule has 104 valence electrons. The molecule has 0 heterocycles. The first kappa shape index (κ1) is 13.4. The second-order valence-corrected chi connectivity index (χ2v) is 5.79. The minimum atomic E-state index is 0.316. The first-order valence-corrected chi connectivity index (χ1v) is 7.77. The Morgan fingerprint density at radius 2 is 1.40 bits per heavy atom. The maximum absolute atomic E-state index is 3.74. The zero-order chi connectivity index (χ0) is 13.6. The van der Waals surface area contributed by atoms with Crippen molar-refractivity contribution in [3.05, 3.63) is 71.8 Å². The largest absolute Gasteiger partial charge is 0.306 e. The van der Waals surface area contributed by atoms with E-state index < -0.39 is 0 Å². The van der Waals surface area contributed by atoms with Gasteiger partial charge in [-0.15, -0.1) is 0 Å². The molecule has 20 heavy (non-hydrogen) atoms. The van der Waals surface area contributed by atoms with E-state index in [0.717, 1.165) is 12.5 Å². The highest BCUT2D eigenvalue weighted by Gasteiger charge is 2.20. The van der Waals surface area contributed by atoms with Gasteiger partial charge in [-0.2, -0.15) is 0 Å². The number of hydrogen-bond donors (Lipinski definition) is 1. The lowest BCUT2D eigenvalue weighted by Crippen LogP contribution is -2.23. The van der Waals surface area contributed by atoms with Gasteiger partial charge in [0.05, 0.1) is 6.04 Å². The lowest BCUT2D eigenvalue weighted by Gasteiger charge is -2.20. The minimum absolute atomic E-state index is 0.316. The van der Waals surface area contributed by atoms with Crippen molar-refractivity contribution in [1.82, 2.24) is 5.32 Å². The Morgan fingerprint density at radius 1 is 0.850 bits per heavy atom. The Bertz CT molecular complexity index is 462. The van der Waals surface area contributed by atoms with E-state index in [-0.39, 0.29) is 0 Å². The van der Waals surface area contributed by atoms with Gasteiger partial charge in [-0.25, -0.2) is 0 Å². The van der Waals surface area contributed by atoms with Crippen molar-refractivity contribution < 1.29 is 0 Å². The van der Waals surface area contributed by atoms with Crippen LogP contribution in [0.15, 0.2) is 60.7 Å². The molecule has 1 fully saturated rings. The van der Waals surface area contributed by atoms with E-state index in [0.29, 0.717) is 6.04 Å². The SMILES string of the molecule is c1ccc(C(NCCCC2CC2)c2ccccc2)cc1. The third-order valence-electron chi connectivity index (χ3n) is 4.10. The molecule has 3 rings (SSSR count). The summed E-state index contributed by atoms with van der Waals surface area (Å²) < 4.78 is 0. The third-order valence-corrected chi connectivity index (χ3v) is 4.10. The van der Waals surface area contributed by atoms with Crippen molar-refractivity contribution in [2.75, 3.05) is 6.54 Å². The van der Waals surface area contributed by atoms with E-state index in [2.05, 4.69) is 66.0 Å². The fourth-order valence-electron chi connectivity index (χ4n) is 2.76. The van der Waals surface area contributed by atoms with Crippen molar-refractivity contribution in [3.8, 4) is 0 Å². The van der Waals surface area contributed by atoms with Crippen molar-refractivity contribution in [2.45, 2.75) is 31.7 Å². The maximum Gasteiger partial charge on any atom is 0.0576 e. The lowest BCUT2D eigenvalue weighted by molar-refractivity contribution is 0.552. The van der Waals surface area contributed by atoms with E-state index in [1.54, 1.807) is 0 Å². The molecule has 0 bridgehead atoms. The van der Waals surface area contributed by atoms with E-state index in [1.165, 1.54) is 36.8 Å². The van der Waals surface area contributed by atoms with Gasteiger partial charge < -0.3 is 5.32 Å². The fourth-order valence-corrected chi connectivity index (χ4v) is 2.76. The van der Waals surface area contributed by atoms with Gasteiger partial charge in [0.25, 0.3) is 0 Å². The smallest absolute Gasteiger partial charge is 0.0576 e. The first-order chi connectivity index (χ1) is 9.93. The zero-order valence-corrected chi connectivity index (χ0v) is 12.0. The molecule has 0 unspecified atom stereocenters. The van der Waals surface area contributed by atoms with Crippen LogP contribution in [0.25, 0.3) is 0 Å². The molecule has 0 spiro atoms. The second-order valence-electron chi connectivity index (χ2n) is 5.79. The summed E-state index contributed by atoms with van der Waals surface area (Å²) in [4.78, 5) is 0. The summed E-state index contributed by atoms with van der Waals surface area (Å²) in [5.74, 6) is 1.03. The molecule has 1 aliphatic rings. The predicted molar refractivity (Wildman–Crippen MR) is 84.7 cm³/mol. The molecule has 0 radical (unpaired) electrons.